The topological polar surface area (TPSA) is 87.2 Å². The molecule has 2 heterocycles. The molecule has 2 aliphatic heterocycles. The highest BCUT2D eigenvalue weighted by Gasteiger charge is 2.43. The van der Waals surface area contributed by atoms with Crippen molar-refractivity contribution in [2.45, 2.75) is 12.5 Å². The zero-order valence-corrected chi connectivity index (χ0v) is 22.7. The summed E-state index contributed by atoms with van der Waals surface area (Å²) in [4.78, 5) is 55.9. The highest BCUT2D eigenvalue weighted by atomic mass is 35.5. The van der Waals surface area contributed by atoms with Gasteiger partial charge in [0, 0.05) is 36.8 Å². The molecular weight excluding hydrogens is 560 g/mol. The minimum Gasteiger partial charge on any atom is -0.454 e. The highest BCUT2D eigenvalue weighted by Crippen LogP contribution is 2.28. The van der Waals surface area contributed by atoms with Gasteiger partial charge in [-0.05, 0) is 54.6 Å². The zero-order valence-electron chi connectivity index (χ0n) is 21.2. The van der Waals surface area contributed by atoms with E-state index < -0.39 is 24.4 Å². The molecule has 3 aromatic carbocycles. The molecule has 1 atom stereocenters. The Balaban J connectivity index is 1.18. The van der Waals surface area contributed by atoms with Gasteiger partial charge in [-0.3, -0.25) is 19.3 Å². The Labute approximate surface area is 239 Å². The van der Waals surface area contributed by atoms with Crippen molar-refractivity contribution in [1.29, 1.82) is 0 Å². The fourth-order valence-corrected chi connectivity index (χ4v) is 5.42. The number of rotatable bonds is 7. The molecule has 0 N–H and O–H groups in total. The van der Waals surface area contributed by atoms with Crippen LogP contribution < -0.4 is 9.80 Å². The van der Waals surface area contributed by atoms with Gasteiger partial charge in [-0.25, -0.2) is 14.1 Å². The molecule has 1 unspecified atom stereocenters. The Morgan fingerprint density at radius 1 is 0.925 bits per heavy atom. The number of ketones is 1. The molecule has 3 aromatic rings. The number of carbonyl (C=O) groups excluding carboxylic acids is 4. The Kier molecular flexibility index (Phi) is 8.16. The van der Waals surface area contributed by atoms with E-state index in [9.17, 15) is 23.6 Å². The van der Waals surface area contributed by atoms with Crippen molar-refractivity contribution in [2.75, 3.05) is 42.6 Å². The summed E-state index contributed by atoms with van der Waals surface area (Å²) in [6.45, 7) is 1.56. The molecule has 0 radical (unpaired) electrons. The number of hydrogen-bond donors (Lipinski definition) is 0. The molecule has 40 heavy (non-hydrogen) atoms. The second kappa shape index (κ2) is 11.8. The normalized spacial score (nSPS) is 17.8. The molecule has 8 nitrogen and oxygen atoms in total. The summed E-state index contributed by atoms with van der Waals surface area (Å²) in [6.07, 6.45) is 0.0394. The number of halogens is 3. The third-order valence-electron chi connectivity index (χ3n) is 7.00. The number of ether oxygens (including phenoxy) is 1. The maximum Gasteiger partial charge on any atom is 0.338 e. The predicted molar refractivity (Wildman–Crippen MR) is 149 cm³/mol. The van der Waals surface area contributed by atoms with Gasteiger partial charge in [-0.1, -0.05) is 35.3 Å². The molecule has 0 aliphatic carbocycles. The van der Waals surface area contributed by atoms with Gasteiger partial charge in [-0.2, -0.15) is 0 Å². The monoisotopic (exact) mass is 583 g/mol. The van der Waals surface area contributed by atoms with E-state index in [-0.39, 0.29) is 40.2 Å². The fraction of sp³-hybridized carbons (Fsp3) is 0.241. The van der Waals surface area contributed by atoms with E-state index in [1.54, 1.807) is 18.2 Å². The van der Waals surface area contributed by atoms with Gasteiger partial charge in [0.15, 0.2) is 6.61 Å². The SMILES string of the molecule is O=C(OCC(=O)c1ccc(Cl)cc1Cl)c1ccc(N2C(=O)CC(N3CCN(c4ccccc4F)CC3)C2=O)cc1. The van der Waals surface area contributed by atoms with Gasteiger partial charge >= 0.3 is 5.97 Å². The van der Waals surface area contributed by atoms with E-state index in [1.807, 2.05) is 9.80 Å². The van der Waals surface area contributed by atoms with Crippen LogP contribution in [0, 0.1) is 5.82 Å². The Hall–Kier alpha value is -3.79. The van der Waals surface area contributed by atoms with Gasteiger partial charge in [0.05, 0.1) is 34.4 Å². The maximum atomic E-state index is 14.2. The van der Waals surface area contributed by atoms with Crippen LogP contribution >= 0.6 is 23.2 Å². The largest absolute Gasteiger partial charge is 0.454 e. The molecule has 0 aromatic heterocycles. The Bertz CT molecular complexity index is 1470. The third-order valence-corrected chi connectivity index (χ3v) is 7.55. The molecule has 0 bridgehead atoms. The molecular formula is C29H24Cl2FN3O5. The van der Waals surface area contributed by atoms with Gasteiger partial charge in [0.2, 0.25) is 11.7 Å². The van der Waals surface area contributed by atoms with Gasteiger partial charge in [-0.15, -0.1) is 0 Å². The summed E-state index contributed by atoms with van der Waals surface area (Å²) in [6, 6.07) is 16.2. The van der Waals surface area contributed by atoms with Crippen LogP contribution in [0.4, 0.5) is 15.8 Å². The van der Waals surface area contributed by atoms with Crippen molar-refractivity contribution in [3.63, 3.8) is 0 Å². The lowest BCUT2D eigenvalue weighted by atomic mass is 10.1. The molecule has 2 fully saturated rings. The first-order valence-electron chi connectivity index (χ1n) is 12.6. The molecule has 2 amide bonds. The van der Waals surface area contributed by atoms with E-state index in [2.05, 4.69) is 0 Å². The van der Waals surface area contributed by atoms with Crippen molar-refractivity contribution >= 4 is 58.1 Å². The van der Waals surface area contributed by atoms with E-state index in [4.69, 9.17) is 27.9 Å². The number of nitrogens with zero attached hydrogens (tertiary/aromatic N) is 3. The first kappa shape index (κ1) is 27.8. The van der Waals surface area contributed by atoms with E-state index in [0.717, 1.165) is 4.90 Å². The number of esters is 1. The summed E-state index contributed by atoms with van der Waals surface area (Å²) >= 11 is 11.9. The van der Waals surface area contributed by atoms with Crippen LogP contribution in [-0.2, 0) is 14.3 Å². The van der Waals surface area contributed by atoms with Crippen molar-refractivity contribution < 1.29 is 28.3 Å². The predicted octanol–water partition coefficient (Wildman–Crippen LogP) is 4.63. The summed E-state index contributed by atoms with van der Waals surface area (Å²) in [5.74, 6) is -2.20. The molecule has 2 saturated heterocycles. The average molecular weight is 584 g/mol. The van der Waals surface area contributed by atoms with Gasteiger partial charge in [0.1, 0.15) is 5.82 Å². The van der Waals surface area contributed by atoms with Crippen molar-refractivity contribution in [3.05, 3.63) is 93.7 Å². The fourth-order valence-electron chi connectivity index (χ4n) is 4.91. The van der Waals surface area contributed by atoms with Crippen molar-refractivity contribution in [1.82, 2.24) is 4.90 Å². The highest BCUT2D eigenvalue weighted by molar-refractivity contribution is 6.36. The molecule has 206 valence electrons. The molecule has 2 aliphatic rings. The third kappa shape index (κ3) is 5.72. The zero-order chi connectivity index (χ0) is 28.4. The summed E-state index contributed by atoms with van der Waals surface area (Å²) in [7, 11) is 0. The van der Waals surface area contributed by atoms with Crippen LogP contribution in [0.5, 0.6) is 0 Å². The summed E-state index contributed by atoms with van der Waals surface area (Å²) < 4.78 is 19.3. The number of carbonyl (C=O) groups is 4. The Morgan fingerprint density at radius 2 is 1.62 bits per heavy atom. The van der Waals surface area contributed by atoms with Crippen LogP contribution in [0.1, 0.15) is 27.1 Å². The molecule has 0 saturated carbocycles. The first-order valence-corrected chi connectivity index (χ1v) is 13.3. The lowest BCUT2D eigenvalue weighted by Crippen LogP contribution is -2.52. The molecule has 11 heteroatoms. The van der Waals surface area contributed by atoms with Crippen LogP contribution in [0.15, 0.2) is 66.7 Å². The second-order valence-electron chi connectivity index (χ2n) is 9.43. The number of anilines is 2. The lowest BCUT2D eigenvalue weighted by Gasteiger charge is -2.38. The quantitative estimate of drug-likeness (QED) is 0.228. The van der Waals surface area contributed by atoms with Crippen LogP contribution in [-0.4, -0.2) is 67.3 Å². The second-order valence-corrected chi connectivity index (χ2v) is 10.3. The first-order chi connectivity index (χ1) is 19.2. The summed E-state index contributed by atoms with van der Waals surface area (Å²) in [5, 5.41) is 0.533. The van der Waals surface area contributed by atoms with Crippen LogP contribution in [0.25, 0.3) is 0 Å². The van der Waals surface area contributed by atoms with Crippen molar-refractivity contribution in [3.8, 4) is 0 Å². The smallest absolute Gasteiger partial charge is 0.338 e. The number of benzene rings is 3. The lowest BCUT2D eigenvalue weighted by molar-refractivity contribution is -0.123. The van der Waals surface area contributed by atoms with Crippen molar-refractivity contribution in [2.24, 2.45) is 0 Å². The van der Waals surface area contributed by atoms with E-state index in [1.165, 1.54) is 48.5 Å². The minimum absolute atomic E-state index is 0.0394. The summed E-state index contributed by atoms with van der Waals surface area (Å²) in [5.41, 5.74) is 1.19. The van der Waals surface area contributed by atoms with Gasteiger partial charge < -0.3 is 9.64 Å². The number of hydrogen-bond acceptors (Lipinski definition) is 7. The standard InChI is InChI=1S/C29H24Cl2FN3O5/c30-19-7-10-21(22(31)15-19)26(36)17-40-29(39)18-5-8-20(9-6-18)35-27(37)16-25(28(35)38)34-13-11-33(12-14-34)24-4-2-1-3-23(24)32/h1-10,15,25H,11-14,16-17H2. The minimum atomic E-state index is -0.741. The maximum absolute atomic E-state index is 14.2. The Morgan fingerprint density at radius 3 is 2.30 bits per heavy atom. The molecule has 0 spiro atoms. The average Bonchev–Trinajstić information content (AvgIpc) is 3.25. The van der Waals surface area contributed by atoms with Gasteiger partial charge in [0.25, 0.3) is 5.91 Å². The van der Waals surface area contributed by atoms with E-state index in [0.29, 0.717) is 42.6 Å². The van der Waals surface area contributed by atoms with E-state index >= 15 is 0 Å². The number of imide groups is 1. The number of piperazine rings is 1. The van der Waals surface area contributed by atoms with Crippen LogP contribution in [0.2, 0.25) is 10.0 Å². The van der Waals surface area contributed by atoms with Crippen LogP contribution in [0.3, 0.4) is 0 Å². The number of amides is 2. The number of Topliss-reactive ketones (excluding diaryl/α,β-unsaturated/α-hetero) is 1. The molecule has 5 rings (SSSR count). The number of para-hydroxylation sites is 1.